The molecule has 2 heterocycles. The number of hydrogen-bond donors (Lipinski definition) is 1. The number of tetrazole rings is 1. The van der Waals surface area contributed by atoms with Crippen molar-refractivity contribution in [1.29, 1.82) is 0 Å². The van der Waals surface area contributed by atoms with Gasteiger partial charge in [0.2, 0.25) is 0 Å². The third-order valence-electron chi connectivity index (χ3n) is 7.75. The van der Waals surface area contributed by atoms with Crippen LogP contribution >= 0.6 is 0 Å². The Bertz CT molecular complexity index is 1140. The lowest BCUT2D eigenvalue weighted by Crippen LogP contribution is -2.39. The van der Waals surface area contributed by atoms with Crippen LogP contribution in [0, 0.1) is 6.92 Å². The first kappa shape index (κ1) is 22.3. The highest BCUT2D eigenvalue weighted by molar-refractivity contribution is 5.79. The Morgan fingerprint density at radius 2 is 1.85 bits per heavy atom. The molecule has 2 aromatic heterocycles. The molecule has 0 radical (unpaired) electrons. The van der Waals surface area contributed by atoms with E-state index in [1.165, 1.54) is 50.5 Å². The van der Waals surface area contributed by atoms with Crippen LogP contribution in [0.3, 0.4) is 0 Å². The molecular weight excluding hydrogens is 412 g/mol. The summed E-state index contributed by atoms with van der Waals surface area (Å²) >= 11 is 0. The summed E-state index contributed by atoms with van der Waals surface area (Å²) in [7, 11) is 0. The van der Waals surface area contributed by atoms with Crippen LogP contribution in [-0.4, -0.2) is 36.1 Å². The first-order chi connectivity index (χ1) is 16.1. The molecular formula is C26H36N6O. The lowest BCUT2D eigenvalue weighted by molar-refractivity contribution is 0.109. The van der Waals surface area contributed by atoms with Gasteiger partial charge >= 0.3 is 0 Å². The molecule has 1 atom stereocenters. The Kier molecular flexibility index (Phi) is 6.58. The summed E-state index contributed by atoms with van der Waals surface area (Å²) in [6, 6.07) is 9.24. The largest absolute Gasteiger partial charge is 0.322 e. The van der Waals surface area contributed by atoms with Crippen LogP contribution in [0.1, 0.15) is 100 Å². The minimum Gasteiger partial charge on any atom is -0.322 e. The number of nitrogens with zero attached hydrogens (tertiary/aromatic N) is 5. The Balaban J connectivity index is 1.51. The minimum atomic E-state index is 0.0103. The SMILES string of the molecule is CC[C@H](c1nnnn1C1CCCCC1)N(Cc1cc2cc(C)ccc2[nH]c1=O)C1CCCC1. The van der Waals surface area contributed by atoms with Gasteiger partial charge < -0.3 is 4.98 Å². The molecule has 0 saturated heterocycles. The fourth-order valence-corrected chi connectivity index (χ4v) is 5.99. The number of hydrogen-bond acceptors (Lipinski definition) is 5. The van der Waals surface area contributed by atoms with Crippen LogP contribution in [0.2, 0.25) is 0 Å². The molecule has 176 valence electrons. The zero-order valence-corrected chi connectivity index (χ0v) is 20.0. The highest BCUT2D eigenvalue weighted by atomic mass is 16.1. The molecule has 7 heteroatoms. The predicted octanol–water partition coefficient (Wildman–Crippen LogP) is 5.22. The second-order valence-electron chi connectivity index (χ2n) is 10.0. The van der Waals surface area contributed by atoms with E-state index in [0.717, 1.165) is 41.6 Å². The molecule has 7 nitrogen and oxygen atoms in total. The summed E-state index contributed by atoms with van der Waals surface area (Å²) in [4.78, 5) is 18.7. The molecule has 0 spiro atoms. The Morgan fingerprint density at radius 3 is 2.61 bits per heavy atom. The van der Waals surface area contributed by atoms with Gasteiger partial charge in [0.15, 0.2) is 5.82 Å². The number of H-pyrrole nitrogens is 1. The predicted molar refractivity (Wildman–Crippen MR) is 130 cm³/mol. The van der Waals surface area contributed by atoms with E-state index in [1.54, 1.807) is 0 Å². The molecule has 1 N–H and O–H groups in total. The topological polar surface area (TPSA) is 79.7 Å². The minimum absolute atomic E-state index is 0.0103. The molecule has 0 amide bonds. The Hall–Kier alpha value is -2.54. The molecule has 3 aromatic rings. The van der Waals surface area contributed by atoms with Gasteiger partial charge in [0.1, 0.15) is 0 Å². The van der Waals surface area contributed by atoms with E-state index in [1.807, 2.05) is 12.1 Å². The summed E-state index contributed by atoms with van der Waals surface area (Å²) in [6.45, 7) is 4.94. The maximum atomic E-state index is 13.1. The van der Waals surface area contributed by atoms with E-state index < -0.39 is 0 Å². The quantitative estimate of drug-likeness (QED) is 0.536. The van der Waals surface area contributed by atoms with E-state index >= 15 is 0 Å². The number of aryl methyl sites for hydroxylation is 1. The maximum absolute atomic E-state index is 13.1. The Labute approximate surface area is 195 Å². The second-order valence-corrected chi connectivity index (χ2v) is 10.0. The molecule has 0 bridgehead atoms. The van der Waals surface area contributed by atoms with Crippen LogP contribution in [0.15, 0.2) is 29.1 Å². The van der Waals surface area contributed by atoms with Crippen LogP contribution in [0.4, 0.5) is 0 Å². The number of aromatic nitrogens is 5. The van der Waals surface area contributed by atoms with Gasteiger partial charge in [-0.1, -0.05) is 50.7 Å². The highest BCUT2D eigenvalue weighted by Crippen LogP contribution is 2.36. The van der Waals surface area contributed by atoms with Crippen molar-refractivity contribution in [3.05, 3.63) is 51.6 Å². The Morgan fingerprint density at radius 1 is 1.09 bits per heavy atom. The lowest BCUT2D eigenvalue weighted by atomic mass is 9.95. The number of benzene rings is 1. The summed E-state index contributed by atoms with van der Waals surface area (Å²) in [5, 5.41) is 14.2. The number of rotatable bonds is 7. The van der Waals surface area contributed by atoms with Crippen LogP contribution < -0.4 is 5.56 Å². The van der Waals surface area contributed by atoms with Gasteiger partial charge in [0.05, 0.1) is 12.1 Å². The zero-order chi connectivity index (χ0) is 22.8. The normalized spacial score (nSPS) is 19.0. The molecule has 0 aliphatic heterocycles. The third-order valence-corrected chi connectivity index (χ3v) is 7.75. The molecule has 2 aliphatic rings. The highest BCUT2D eigenvalue weighted by Gasteiger charge is 2.34. The number of aromatic amines is 1. The van der Waals surface area contributed by atoms with Crippen molar-refractivity contribution >= 4 is 10.9 Å². The van der Waals surface area contributed by atoms with E-state index in [0.29, 0.717) is 18.6 Å². The van der Waals surface area contributed by atoms with Crippen molar-refractivity contribution in [3.8, 4) is 0 Å². The summed E-state index contributed by atoms with van der Waals surface area (Å²) < 4.78 is 2.11. The molecule has 33 heavy (non-hydrogen) atoms. The average molecular weight is 449 g/mol. The first-order valence-electron chi connectivity index (χ1n) is 12.8. The van der Waals surface area contributed by atoms with Crippen LogP contribution in [0.25, 0.3) is 10.9 Å². The van der Waals surface area contributed by atoms with Crippen molar-refractivity contribution in [2.75, 3.05) is 0 Å². The second kappa shape index (κ2) is 9.75. The van der Waals surface area contributed by atoms with Crippen molar-refractivity contribution < 1.29 is 0 Å². The maximum Gasteiger partial charge on any atom is 0.252 e. The van der Waals surface area contributed by atoms with Crippen molar-refractivity contribution in [2.24, 2.45) is 0 Å². The first-order valence-corrected chi connectivity index (χ1v) is 12.8. The van der Waals surface area contributed by atoms with Gasteiger partial charge in [-0.15, -0.1) is 5.10 Å². The standard InChI is InChI=1S/C26H36N6O/c1-3-24(25-28-29-30-32(25)22-11-5-4-6-12-22)31(21-9-7-8-10-21)17-20-16-19-15-18(2)13-14-23(19)27-26(20)33/h13-16,21-22,24H,3-12,17H2,1-2H3,(H,27,33)/t24-/m1/s1. The van der Waals surface area contributed by atoms with Gasteiger partial charge in [0.25, 0.3) is 5.56 Å². The number of nitrogens with one attached hydrogen (secondary N) is 1. The van der Waals surface area contributed by atoms with Gasteiger partial charge in [-0.2, -0.15) is 0 Å². The fourth-order valence-electron chi connectivity index (χ4n) is 5.99. The molecule has 1 aromatic carbocycles. The number of fused-ring (bicyclic) bond motifs is 1. The van der Waals surface area contributed by atoms with Crippen LogP contribution in [-0.2, 0) is 6.54 Å². The summed E-state index contributed by atoms with van der Waals surface area (Å²) in [6.07, 6.45) is 11.9. The molecule has 5 rings (SSSR count). The number of pyridine rings is 1. The third kappa shape index (κ3) is 4.60. The van der Waals surface area contributed by atoms with E-state index in [-0.39, 0.29) is 11.6 Å². The summed E-state index contributed by atoms with van der Waals surface area (Å²) in [5.41, 5.74) is 2.94. The van der Waals surface area contributed by atoms with Crippen LogP contribution in [0.5, 0.6) is 0 Å². The van der Waals surface area contributed by atoms with Gasteiger partial charge in [-0.05, 0) is 73.0 Å². The molecule has 2 aliphatic carbocycles. The van der Waals surface area contributed by atoms with Crippen molar-refractivity contribution in [2.45, 2.75) is 103 Å². The molecule has 2 fully saturated rings. The van der Waals surface area contributed by atoms with E-state index in [4.69, 9.17) is 0 Å². The van der Waals surface area contributed by atoms with Crippen molar-refractivity contribution in [1.82, 2.24) is 30.1 Å². The molecule has 0 unspecified atom stereocenters. The average Bonchev–Trinajstić information content (AvgIpc) is 3.53. The zero-order valence-electron chi connectivity index (χ0n) is 20.0. The van der Waals surface area contributed by atoms with Gasteiger partial charge in [0, 0.05) is 23.7 Å². The molecule has 2 saturated carbocycles. The summed E-state index contributed by atoms with van der Waals surface area (Å²) in [5.74, 6) is 0.976. The van der Waals surface area contributed by atoms with E-state index in [9.17, 15) is 4.79 Å². The van der Waals surface area contributed by atoms with Gasteiger partial charge in [-0.3, -0.25) is 9.69 Å². The lowest BCUT2D eigenvalue weighted by Gasteiger charge is -2.36. The van der Waals surface area contributed by atoms with Gasteiger partial charge in [-0.25, -0.2) is 4.68 Å². The van der Waals surface area contributed by atoms with Crippen molar-refractivity contribution in [3.63, 3.8) is 0 Å². The fraction of sp³-hybridized carbons (Fsp3) is 0.615. The van der Waals surface area contributed by atoms with E-state index in [2.05, 4.69) is 56.1 Å². The monoisotopic (exact) mass is 448 g/mol. The smallest absolute Gasteiger partial charge is 0.252 e.